The molecule has 4 heteroatoms. The molecule has 0 aliphatic carbocycles. The average Bonchev–Trinajstić information content (AvgIpc) is 2.62. The lowest BCUT2D eigenvalue weighted by Gasteiger charge is -2.07. The summed E-state index contributed by atoms with van der Waals surface area (Å²) in [4.78, 5) is 23.1. The number of benzene rings is 2. The molecule has 0 saturated carbocycles. The smallest absolute Gasteiger partial charge is 0.338 e. The van der Waals surface area contributed by atoms with Crippen LogP contribution in [-0.2, 0) is 14.3 Å². The maximum Gasteiger partial charge on any atom is 0.338 e. The molecule has 0 amide bonds. The van der Waals surface area contributed by atoms with E-state index in [4.69, 9.17) is 9.47 Å². The third kappa shape index (κ3) is 5.23. The van der Waals surface area contributed by atoms with Gasteiger partial charge in [0.05, 0.1) is 18.8 Å². The predicted octanol–water partition coefficient (Wildman–Crippen LogP) is 4.29. The van der Waals surface area contributed by atoms with Crippen molar-refractivity contribution in [1.29, 1.82) is 0 Å². The summed E-state index contributed by atoms with van der Waals surface area (Å²) in [5.41, 5.74) is 0.601. The number of fused-ring (bicyclic) bond motifs is 1. The van der Waals surface area contributed by atoms with E-state index in [0.717, 1.165) is 42.5 Å². The molecule has 2 rings (SSSR count). The lowest BCUT2D eigenvalue weighted by molar-refractivity contribution is -0.137. The fourth-order valence-corrected chi connectivity index (χ4v) is 2.44. The zero-order valence-electron chi connectivity index (χ0n) is 13.7. The van der Waals surface area contributed by atoms with Crippen LogP contribution in [0.4, 0.5) is 0 Å². The molecule has 0 atom stereocenters. The maximum atomic E-state index is 12.2. The Kier molecular flexibility index (Phi) is 7.02. The number of hydrogen-bond acceptors (Lipinski definition) is 4. The molecule has 0 aliphatic rings. The lowest BCUT2D eigenvalue weighted by Crippen LogP contribution is -2.07. The van der Waals surface area contributed by atoms with Crippen LogP contribution >= 0.6 is 0 Å². The number of unbranched alkanes of at least 4 members (excludes halogenated alkanes) is 3. The van der Waals surface area contributed by atoms with Crippen molar-refractivity contribution in [2.24, 2.45) is 0 Å². The summed E-state index contributed by atoms with van der Waals surface area (Å²) in [5.74, 6) is -0.675. The largest absolute Gasteiger partial charge is 0.463 e. The summed E-state index contributed by atoms with van der Waals surface area (Å²) in [6.45, 7) is 4.14. The van der Waals surface area contributed by atoms with E-state index in [1.165, 1.54) is 0 Å². The lowest BCUT2D eigenvalue weighted by atomic mass is 10.0. The highest BCUT2D eigenvalue weighted by molar-refractivity contribution is 6.04. The number of rotatable bonds is 9. The van der Waals surface area contributed by atoms with Gasteiger partial charge in [-0.25, -0.2) is 9.59 Å². The molecule has 0 heterocycles. The molecular weight excluding hydrogens is 304 g/mol. The van der Waals surface area contributed by atoms with Gasteiger partial charge in [-0.3, -0.25) is 0 Å². The Hall–Kier alpha value is -2.62. The van der Waals surface area contributed by atoms with Gasteiger partial charge in [-0.2, -0.15) is 0 Å². The summed E-state index contributed by atoms with van der Waals surface area (Å²) >= 11 is 0. The third-order valence-corrected chi connectivity index (χ3v) is 3.69. The molecule has 0 aromatic heterocycles. The first-order chi connectivity index (χ1) is 11.7. The standard InChI is InChI=1S/C20H22O4/c1-2-19(21)23-14-7-3-4-8-15-24-20(22)18-13-9-11-16-10-5-6-12-17(16)18/h2,5-6,9-13H,1,3-4,7-8,14-15H2. The van der Waals surface area contributed by atoms with E-state index in [1.54, 1.807) is 6.07 Å². The van der Waals surface area contributed by atoms with Crippen LogP contribution in [0.1, 0.15) is 36.0 Å². The summed E-state index contributed by atoms with van der Waals surface area (Å²) in [5, 5.41) is 1.94. The molecule has 24 heavy (non-hydrogen) atoms. The van der Waals surface area contributed by atoms with Gasteiger partial charge < -0.3 is 9.47 Å². The number of carbonyl (C=O) groups excluding carboxylic acids is 2. The highest BCUT2D eigenvalue weighted by atomic mass is 16.5. The van der Waals surface area contributed by atoms with Gasteiger partial charge >= 0.3 is 11.9 Å². The van der Waals surface area contributed by atoms with E-state index in [0.29, 0.717) is 18.8 Å². The highest BCUT2D eigenvalue weighted by Gasteiger charge is 2.10. The SMILES string of the molecule is C=CC(=O)OCCCCCCOC(=O)c1cccc2ccccc12. The molecule has 4 nitrogen and oxygen atoms in total. The predicted molar refractivity (Wildman–Crippen MR) is 93.9 cm³/mol. The monoisotopic (exact) mass is 326 g/mol. The van der Waals surface area contributed by atoms with Gasteiger partial charge in [-0.15, -0.1) is 0 Å². The van der Waals surface area contributed by atoms with Crippen LogP contribution in [0.3, 0.4) is 0 Å². The third-order valence-electron chi connectivity index (χ3n) is 3.69. The Morgan fingerprint density at radius 3 is 2.29 bits per heavy atom. The van der Waals surface area contributed by atoms with E-state index in [9.17, 15) is 9.59 Å². The first kappa shape index (κ1) is 17.7. The Balaban J connectivity index is 1.68. The Bertz CT molecular complexity index is 700. The van der Waals surface area contributed by atoms with Crippen LogP contribution in [-0.4, -0.2) is 25.2 Å². The second-order valence-electron chi connectivity index (χ2n) is 5.45. The zero-order chi connectivity index (χ0) is 17.2. The van der Waals surface area contributed by atoms with Crippen LogP contribution in [0.5, 0.6) is 0 Å². The summed E-state index contributed by atoms with van der Waals surface area (Å²) in [6.07, 6.45) is 4.61. The molecule has 0 spiro atoms. The van der Waals surface area contributed by atoms with Crippen LogP contribution in [0.2, 0.25) is 0 Å². The first-order valence-electron chi connectivity index (χ1n) is 8.16. The van der Waals surface area contributed by atoms with Crippen LogP contribution in [0.25, 0.3) is 10.8 Å². The van der Waals surface area contributed by atoms with Gasteiger partial charge in [0.15, 0.2) is 0 Å². The van der Waals surface area contributed by atoms with Crippen molar-refractivity contribution in [2.75, 3.05) is 13.2 Å². The molecule has 2 aromatic carbocycles. The highest BCUT2D eigenvalue weighted by Crippen LogP contribution is 2.19. The summed E-state index contributed by atoms with van der Waals surface area (Å²) in [7, 11) is 0. The van der Waals surface area contributed by atoms with Crippen molar-refractivity contribution in [1.82, 2.24) is 0 Å². The Morgan fingerprint density at radius 1 is 0.875 bits per heavy atom. The van der Waals surface area contributed by atoms with Crippen LogP contribution < -0.4 is 0 Å². The molecule has 0 unspecified atom stereocenters. The second kappa shape index (κ2) is 9.50. The van der Waals surface area contributed by atoms with Crippen molar-refractivity contribution >= 4 is 22.7 Å². The van der Waals surface area contributed by atoms with E-state index in [1.807, 2.05) is 36.4 Å². The average molecular weight is 326 g/mol. The minimum absolute atomic E-state index is 0.285. The van der Waals surface area contributed by atoms with E-state index in [2.05, 4.69) is 6.58 Å². The maximum absolute atomic E-state index is 12.2. The molecule has 0 fully saturated rings. The zero-order valence-corrected chi connectivity index (χ0v) is 13.7. The minimum atomic E-state index is -0.390. The van der Waals surface area contributed by atoms with Gasteiger partial charge in [-0.1, -0.05) is 43.0 Å². The topological polar surface area (TPSA) is 52.6 Å². The van der Waals surface area contributed by atoms with E-state index >= 15 is 0 Å². The number of ether oxygens (including phenoxy) is 2. The molecule has 2 aromatic rings. The first-order valence-corrected chi connectivity index (χ1v) is 8.16. The minimum Gasteiger partial charge on any atom is -0.463 e. The van der Waals surface area contributed by atoms with Gasteiger partial charge in [-0.05, 0) is 42.5 Å². The van der Waals surface area contributed by atoms with Gasteiger partial charge in [0.1, 0.15) is 0 Å². The van der Waals surface area contributed by atoms with Crippen molar-refractivity contribution in [3.8, 4) is 0 Å². The molecule has 126 valence electrons. The van der Waals surface area contributed by atoms with Crippen molar-refractivity contribution in [3.63, 3.8) is 0 Å². The van der Waals surface area contributed by atoms with E-state index in [-0.39, 0.29) is 11.9 Å². The fraction of sp³-hybridized carbons (Fsp3) is 0.300. The van der Waals surface area contributed by atoms with Crippen LogP contribution in [0, 0.1) is 0 Å². The molecular formula is C20H22O4. The fourth-order valence-electron chi connectivity index (χ4n) is 2.44. The quantitative estimate of drug-likeness (QED) is 0.392. The Morgan fingerprint density at radius 2 is 1.54 bits per heavy atom. The Labute approximate surface area is 142 Å². The van der Waals surface area contributed by atoms with Crippen molar-refractivity contribution in [3.05, 3.63) is 60.7 Å². The number of carbonyl (C=O) groups is 2. The number of esters is 2. The molecule has 0 radical (unpaired) electrons. The molecule has 0 N–H and O–H groups in total. The van der Waals surface area contributed by atoms with Crippen LogP contribution in [0.15, 0.2) is 55.1 Å². The molecule has 0 saturated heterocycles. The van der Waals surface area contributed by atoms with Crippen molar-refractivity contribution in [2.45, 2.75) is 25.7 Å². The summed E-state index contributed by atoms with van der Waals surface area (Å²) < 4.78 is 10.3. The normalized spacial score (nSPS) is 10.3. The second-order valence-corrected chi connectivity index (χ2v) is 5.45. The molecule has 0 bridgehead atoms. The van der Waals surface area contributed by atoms with Crippen molar-refractivity contribution < 1.29 is 19.1 Å². The van der Waals surface area contributed by atoms with Gasteiger partial charge in [0, 0.05) is 6.08 Å². The van der Waals surface area contributed by atoms with E-state index < -0.39 is 0 Å². The van der Waals surface area contributed by atoms with Gasteiger partial charge in [0.2, 0.25) is 0 Å². The van der Waals surface area contributed by atoms with Gasteiger partial charge in [0.25, 0.3) is 0 Å². The summed E-state index contributed by atoms with van der Waals surface area (Å²) in [6, 6.07) is 13.4. The number of hydrogen-bond donors (Lipinski definition) is 0. The molecule has 0 aliphatic heterocycles.